The Kier molecular flexibility index (Phi) is 4.76. The first-order valence-electron chi connectivity index (χ1n) is 8.08. The maximum atomic E-state index is 12.1. The van der Waals surface area contributed by atoms with Crippen LogP contribution in [0.4, 0.5) is 10.6 Å². The molecule has 2 aromatic heterocycles. The van der Waals surface area contributed by atoms with Crippen LogP contribution in [0, 0.1) is 4.84 Å². The highest BCUT2D eigenvalue weighted by Gasteiger charge is 2.26. The molecule has 0 atom stereocenters. The molecule has 0 saturated carbocycles. The highest BCUT2D eigenvalue weighted by Crippen LogP contribution is 2.20. The van der Waals surface area contributed by atoms with E-state index in [0.29, 0.717) is 37.8 Å². The predicted molar refractivity (Wildman–Crippen MR) is 94.9 cm³/mol. The number of pyridine rings is 1. The van der Waals surface area contributed by atoms with Gasteiger partial charge < -0.3 is 19.0 Å². The van der Waals surface area contributed by atoms with Crippen molar-refractivity contribution in [1.29, 1.82) is 0 Å². The molecule has 0 bridgehead atoms. The number of H-pyrrole nitrogens is 1. The van der Waals surface area contributed by atoms with Crippen LogP contribution in [0.1, 0.15) is 20.8 Å². The highest BCUT2D eigenvalue weighted by atomic mass is 32.1. The molecule has 0 aliphatic carbocycles. The van der Waals surface area contributed by atoms with E-state index >= 15 is 0 Å². The number of anilines is 1. The smallest absolute Gasteiger partial charge is 0.410 e. The molecule has 1 amide bonds. The zero-order chi connectivity index (χ0) is 18.0. The Labute approximate surface area is 150 Å². The Morgan fingerprint density at radius 3 is 2.60 bits per heavy atom. The quantitative estimate of drug-likeness (QED) is 0.821. The molecule has 0 spiro atoms. The number of aromatic nitrogens is 3. The van der Waals surface area contributed by atoms with Crippen molar-refractivity contribution in [2.45, 2.75) is 26.4 Å². The molecule has 1 saturated heterocycles. The van der Waals surface area contributed by atoms with Crippen LogP contribution in [-0.4, -0.2) is 58.0 Å². The van der Waals surface area contributed by atoms with Crippen LogP contribution in [0.5, 0.6) is 0 Å². The van der Waals surface area contributed by atoms with E-state index < -0.39 is 5.60 Å². The van der Waals surface area contributed by atoms with Gasteiger partial charge in [-0.1, -0.05) is 6.07 Å². The zero-order valence-electron chi connectivity index (χ0n) is 14.5. The Hall–Kier alpha value is -2.42. The van der Waals surface area contributed by atoms with Crippen molar-refractivity contribution in [1.82, 2.24) is 20.1 Å². The van der Waals surface area contributed by atoms with E-state index in [1.165, 1.54) is 0 Å². The number of nitrogens with one attached hydrogen (secondary N) is 1. The van der Waals surface area contributed by atoms with Gasteiger partial charge in [-0.05, 0) is 45.1 Å². The van der Waals surface area contributed by atoms with Crippen LogP contribution in [0.3, 0.4) is 0 Å². The summed E-state index contributed by atoms with van der Waals surface area (Å²) < 4.78 is 10.7. The van der Waals surface area contributed by atoms with Crippen LogP contribution in [0.15, 0.2) is 22.6 Å². The molecule has 1 aliphatic rings. The fourth-order valence-corrected chi connectivity index (χ4v) is 2.63. The summed E-state index contributed by atoms with van der Waals surface area (Å²) in [6, 6.07) is 5.63. The van der Waals surface area contributed by atoms with Gasteiger partial charge in [-0.25, -0.2) is 14.9 Å². The number of nitrogens with zero attached hydrogens (tertiary/aromatic N) is 4. The van der Waals surface area contributed by atoms with Gasteiger partial charge in [0.1, 0.15) is 17.1 Å². The first kappa shape index (κ1) is 17.4. The molecule has 1 N–H and O–H groups in total. The first-order valence-corrected chi connectivity index (χ1v) is 8.48. The van der Waals surface area contributed by atoms with Crippen LogP contribution in [-0.2, 0) is 4.74 Å². The van der Waals surface area contributed by atoms with Gasteiger partial charge in [0.2, 0.25) is 0 Å². The van der Waals surface area contributed by atoms with Crippen molar-refractivity contribution in [3.63, 3.8) is 0 Å². The van der Waals surface area contributed by atoms with Gasteiger partial charge in [-0.15, -0.1) is 5.10 Å². The fourth-order valence-electron chi connectivity index (χ4n) is 2.50. The van der Waals surface area contributed by atoms with Crippen LogP contribution in [0.25, 0.3) is 11.6 Å². The number of hydrogen-bond acceptors (Lipinski definition) is 7. The summed E-state index contributed by atoms with van der Waals surface area (Å²) in [5, 5.41) is 6.58. The van der Waals surface area contributed by atoms with E-state index in [-0.39, 0.29) is 10.9 Å². The largest absolute Gasteiger partial charge is 0.444 e. The Morgan fingerprint density at radius 1 is 1.28 bits per heavy atom. The summed E-state index contributed by atoms with van der Waals surface area (Å²) in [4.78, 5) is 20.8. The number of amides is 1. The minimum atomic E-state index is -0.485. The summed E-state index contributed by atoms with van der Waals surface area (Å²) in [7, 11) is 0. The van der Waals surface area contributed by atoms with Crippen molar-refractivity contribution < 1.29 is 13.9 Å². The molecule has 0 unspecified atom stereocenters. The molecule has 1 fully saturated rings. The number of carbonyl (C=O) groups is 1. The predicted octanol–water partition coefficient (Wildman–Crippen LogP) is 2.85. The average molecular weight is 363 g/mol. The van der Waals surface area contributed by atoms with Crippen LogP contribution < -0.4 is 4.90 Å². The van der Waals surface area contributed by atoms with Gasteiger partial charge in [-0.2, -0.15) is 0 Å². The number of carbonyl (C=O) groups excluding carboxylic acids is 1. The van der Waals surface area contributed by atoms with E-state index in [1.807, 2.05) is 39.0 Å². The molecule has 3 heterocycles. The lowest BCUT2D eigenvalue weighted by Crippen LogP contribution is -2.50. The van der Waals surface area contributed by atoms with Gasteiger partial charge in [0.05, 0.1) is 0 Å². The zero-order valence-corrected chi connectivity index (χ0v) is 15.3. The van der Waals surface area contributed by atoms with Gasteiger partial charge in [0.25, 0.3) is 10.7 Å². The van der Waals surface area contributed by atoms with Crippen molar-refractivity contribution in [3.8, 4) is 11.6 Å². The molecule has 9 heteroatoms. The molecule has 25 heavy (non-hydrogen) atoms. The lowest BCUT2D eigenvalue weighted by molar-refractivity contribution is 0.0240. The molecule has 134 valence electrons. The lowest BCUT2D eigenvalue weighted by atomic mass is 10.2. The second-order valence-corrected chi connectivity index (χ2v) is 7.12. The van der Waals surface area contributed by atoms with Crippen molar-refractivity contribution in [2.24, 2.45) is 0 Å². The van der Waals surface area contributed by atoms with E-state index in [0.717, 1.165) is 5.82 Å². The molecule has 8 nitrogen and oxygen atoms in total. The second-order valence-electron chi connectivity index (χ2n) is 6.75. The summed E-state index contributed by atoms with van der Waals surface area (Å²) in [6.07, 6.45) is -0.276. The lowest BCUT2D eigenvalue weighted by Gasteiger charge is -2.36. The maximum Gasteiger partial charge on any atom is 0.410 e. The molecule has 0 aromatic carbocycles. The fraction of sp³-hybridized carbons (Fsp3) is 0.500. The first-order chi connectivity index (χ1) is 11.8. The standard InChI is InChI=1S/C16H21N5O3S/c1-16(2,3)24-15(22)21-9-7-20(8-10-21)12-6-4-5-11(17-12)13-18-19-14(25)23-13/h4-6H,7-10H2,1-3H3,(H,19,25). The highest BCUT2D eigenvalue weighted by molar-refractivity contribution is 7.71. The van der Waals surface area contributed by atoms with E-state index in [1.54, 1.807) is 4.90 Å². The van der Waals surface area contributed by atoms with Crippen LogP contribution >= 0.6 is 12.2 Å². The minimum absolute atomic E-state index is 0.216. The van der Waals surface area contributed by atoms with Crippen molar-refractivity contribution in [2.75, 3.05) is 31.1 Å². The van der Waals surface area contributed by atoms with Crippen molar-refractivity contribution in [3.05, 3.63) is 23.0 Å². The Bertz CT molecular complexity index is 802. The van der Waals surface area contributed by atoms with Gasteiger partial charge >= 0.3 is 6.09 Å². The SMILES string of the molecule is CC(C)(C)OC(=O)N1CCN(c2cccc(-c3n[nH]c(=S)o3)n2)CC1. The van der Waals surface area contributed by atoms with Gasteiger partial charge in [0.15, 0.2) is 0 Å². The Morgan fingerprint density at radius 2 is 2.00 bits per heavy atom. The minimum Gasteiger partial charge on any atom is -0.444 e. The van der Waals surface area contributed by atoms with Crippen LogP contribution in [0.2, 0.25) is 0 Å². The van der Waals surface area contributed by atoms with E-state index in [4.69, 9.17) is 21.4 Å². The van der Waals surface area contributed by atoms with E-state index in [2.05, 4.69) is 20.1 Å². The van der Waals surface area contributed by atoms with E-state index in [9.17, 15) is 4.79 Å². The summed E-state index contributed by atoms with van der Waals surface area (Å²) >= 11 is 4.89. The third-order valence-corrected chi connectivity index (χ3v) is 3.82. The second kappa shape index (κ2) is 6.83. The number of rotatable bonds is 2. The van der Waals surface area contributed by atoms with Gasteiger partial charge in [0, 0.05) is 26.2 Å². The molecule has 2 aromatic rings. The number of hydrogen-bond donors (Lipinski definition) is 1. The molecule has 1 aliphatic heterocycles. The normalized spacial score (nSPS) is 15.3. The monoisotopic (exact) mass is 363 g/mol. The number of aromatic amines is 1. The molecular formula is C16H21N5O3S. The third kappa shape index (κ3) is 4.36. The average Bonchev–Trinajstić information content (AvgIpc) is 3.00. The summed E-state index contributed by atoms with van der Waals surface area (Å²) in [5.74, 6) is 1.17. The molecule has 3 rings (SSSR count). The summed E-state index contributed by atoms with van der Waals surface area (Å²) in [6.45, 7) is 8.13. The number of piperazine rings is 1. The molecule has 0 radical (unpaired) electrons. The maximum absolute atomic E-state index is 12.1. The molecular weight excluding hydrogens is 342 g/mol. The van der Waals surface area contributed by atoms with Gasteiger partial charge in [-0.3, -0.25) is 0 Å². The summed E-state index contributed by atoms with van der Waals surface area (Å²) in [5.41, 5.74) is 0.125. The number of ether oxygens (including phenoxy) is 1. The van der Waals surface area contributed by atoms with Crippen molar-refractivity contribution >= 4 is 24.1 Å². The topological polar surface area (TPSA) is 87.5 Å². The third-order valence-electron chi connectivity index (χ3n) is 3.65. The Balaban J connectivity index is 1.65.